The van der Waals surface area contributed by atoms with Crippen molar-refractivity contribution in [3.05, 3.63) is 83.8 Å². The molecule has 0 radical (unpaired) electrons. The minimum absolute atomic E-state index is 0.0906. The number of fused-ring (bicyclic) bond motifs is 1. The molecule has 3 aromatic heterocycles. The van der Waals surface area contributed by atoms with Crippen LogP contribution in [0.4, 0.5) is 20.3 Å². The van der Waals surface area contributed by atoms with Crippen molar-refractivity contribution < 1.29 is 23.0 Å². The van der Waals surface area contributed by atoms with Crippen LogP contribution in [0.1, 0.15) is 11.3 Å². The molecular formula is C28H26F2N6O3. The molecule has 39 heavy (non-hydrogen) atoms. The van der Waals surface area contributed by atoms with E-state index in [4.69, 9.17) is 14.2 Å². The van der Waals surface area contributed by atoms with Gasteiger partial charge in [-0.1, -0.05) is 18.2 Å². The summed E-state index contributed by atoms with van der Waals surface area (Å²) in [7, 11) is 3.05. The predicted octanol–water partition coefficient (Wildman–Crippen LogP) is 5.30. The van der Waals surface area contributed by atoms with Gasteiger partial charge in [0.15, 0.2) is 17.4 Å². The van der Waals surface area contributed by atoms with Crippen molar-refractivity contribution in [2.24, 2.45) is 0 Å². The SMILES string of the molecule is COCCOc1cc(F)c(Cn2nc(-c3ncc(OC)c(Nc4ccnc(C)c4)n3)c3ccccc32)c(F)c1. The highest BCUT2D eigenvalue weighted by Crippen LogP contribution is 2.31. The third kappa shape index (κ3) is 5.63. The number of rotatable bonds is 10. The van der Waals surface area contributed by atoms with Gasteiger partial charge in [0, 0.05) is 47.8 Å². The van der Waals surface area contributed by atoms with E-state index in [-0.39, 0.29) is 24.5 Å². The molecule has 0 aliphatic heterocycles. The summed E-state index contributed by atoms with van der Waals surface area (Å²) >= 11 is 0. The van der Waals surface area contributed by atoms with Gasteiger partial charge in [-0.2, -0.15) is 5.10 Å². The summed E-state index contributed by atoms with van der Waals surface area (Å²) in [5.41, 5.74) is 2.61. The predicted molar refractivity (Wildman–Crippen MR) is 142 cm³/mol. The minimum Gasteiger partial charge on any atom is -0.491 e. The Bertz CT molecular complexity index is 1600. The molecule has 1 N–H and O–H groups in total. The first kappa shape index (κ1) is 26.0. The average Bonchev–Trinajstić information content (AvgIpc) is 3.29. The van der Waals surface area contributed by atoms with Crippen molar-refractivity contribution in [1.82, 2.24) is 24.7 Å². The fraction of sp³-hybridized carbons (Fsp3) is 0.214. The number of aryl methyl sites for hydroxylation is 1. The topological polar surface area (TPSA) is 96.2 Å². The molecule has 3 heterocycles. The molecule has 0 saturated carbocycles. The van der Waals surface area contributed by atoms with Crippen molar-refractivity contribution in [2.75, 3.05) is 32.8 Å². The third-order valence-electron chi connectivity index (χ3n) is 5.98. The number of para-hydroxylation sites is 1. The number of aromatic nitrogens is 5. The number of halogens is 2. The van der Waals surface area contributed by atoms with Crippen LogP contribution in [0.5, 0.6) is 11.5 Å². The second-order valence-electron chi connectivity index (χ2n) is 8.65. The Balaban J connectivity index is 1.51. The number of hydrogen-bond acceptors (Lipinski definition) is 8. The van der Waals surface area contributed by atoms with Crippen LogP contribution in [-0.2, 0) is 11.3 Å². The summed E-state index contributed by atoms with van der Waals surface area (Å²) in [6.07, 6.45) is 3.24. The van der Waals surface area contributed by atoms with Gasteiger partial charge >= 0.3 is 0 Å². The minimum atomic E-state index is -0.733. The summed E-state index contributed by atoms with van der Waals surface area (Å²) in [6.45, 7) is 2.23. The third-order valence-corrected chi connectivity index (χ3v) is 5.98. The summed E-state index contributed by atoms with van der Waals surface area (Å²) < 4.78 is 47.2. The number of nitrogens with one attached hydrogen (secondary N) is 1. The molecule has 0 saturated heterocycles. The van der Waals surface area contributed by atoms with E-state index in [0.717, 1.165) is 28.9 Å². The molecule has 0 atom stereocenters. The van der Waals surface area contributed by atoms with Gasteiger partial charge < -0.3 is 19.5 Å². The molecule has 2 aromatic carbocycles. The zero-order valence-corrected chi connectivity index (χ0v) is 21.6. The highest BCUT2D eigenvalue weighted by atomic mass is 19.1. The lowest BCUT2D eigenvalue weighted by atomic mass is 10.1. The molecule has 0 amide bonds. The highest BCUT2D eigenvalue weighted by Gasteiger charge is 2.20. The number of hydrogen-bond donors (Lipinski definition) is 1. The van der Waals surface area contributed by atoms with E-state index in [0.29, 0.717) is 35.2 Å². The van der Waals surface area contributed by atoms with Crippen molar-refractivity contribution in [1.29, 1.82) is 0 Å². The monoisotopic (exact) mass is 532 g/mol. The van der Waals surface area contributed by atoms with E-state index in [1.807, 2.05) is 43.3 Å². The first-order chi connectivity index (χ1) is 19.0. The van der Waals surface area contributed by atoms with Gasteiger partial charge in [-0.15, -0.1) is 0 Å². The zero-order chi connectivity index (χ0) is 27.4. The van der Waals surface area contributed by atoms with Crippen LogP contribution in [0, 0.1) is 18.6 Å². The molecule has 0 aliphatic rings. The molecule has 0 fully saturated rings. The van der Waals surface area contributed by atoms with Crippen LogP contribution in [0.3, 0.4) is 0 Å². The molecular weight excluding hydrogens is 506 g/mol. The summed E-state index contributed by atoms with van der Waals surface area (Å²) in [5, 5.41) is 8.64. The van der Waals surface area contributed by atoms with Gasteiger partial charge in [-0.3, -0.25) is 9.67 Å². The second-order valence-corrected chi connectivity index (χ2v) is 8.65. The van der Waals surface area contributed by atoms with Gasteiger partial charge in [-0.05, 0) is 25.1 Å². The quantitative estimate of drug-likeness (QED) is 0.242. The molecule has 0 aliphatic carbocycles. The average molecular weight is 533 g/mol. The largest absolute Gasteiger partial charge is 0.491 e. The number of methoxy groups -OCH3 is 2. The van der Waals surface area contributed by atoms with Gasteiger partial charge in [0.2, 0.25) is 0 Å². The van der Waals surface area contributed by atoms with Gasteiger partial charge in [0.1, 0.15) is 29.7 Å². The second kappa shape index (κ2) is 11.4. The Morgan fingerprint density at radius 3 is 2.51 bits per heavy atom. The van der Waals surface area contributed by atoms with Crippen LogP contribution in [-0.4, -0.2) is 52.2 Å². The maximum atomic E-state index is 15.0. The van der Waals surface area contributed by atoms with Crippen LogP contribution >= 0.6 is 0 Å². The fourth-order valence-corrected chi connectivity index (χ4v) is 4.10. The summed E-state index contributed by atoms with van der Waals surface area (Å²) in [6, 6.07) is 13.4. The van der Waals surface area contributed by atoms with Crippen LogP contribution < -0.4 is 14.8 Å². The molecule has 5 rings (SSSR count). The lowest BCUT2D eigenvalue weighted by molar-refractivity contribution is 0.146. The van der Waals surface area contributed by atoms with Crippen LogP contribution in [0.15, 0.2) is 60.9 Å². The van der Waals surface area contributed by atoms with E-state index < -0.39 is 11.6 Å². The van der Waals surface area contributed by atoms with E-state index in [9.17, 15) is 8.78 Å². The maximum Gasteiger partial charge on any atom is 0.183 e. The molecule has 0 unspecified atom stereocenters. The van der Waals surface area contributed by atoms with E-state index in [2.05, 4.69) is 25.4 Å². The lowest BCUT2D eigenvalue weighted by Gasteiger charge is -2.11. The lowest BCUT2D eigenvalue weighted by Crippen LogP contribution is -2.09. The molecule has 11 heteroatoms. The number of benzene rings is 2. The first-order valence-electron chi connectivity index (χ1n) is 12.1. The van der Waals surface area contributed by atoms with E-state index >= 15 is 0 Å². The number of anilines is 2. The highest BCUT2D eigenvalue weighted by molar-refractivity contribution is 5.92. The number of nitrogens with zero attached hydrogens (tertiary/aromatic N) is 5. The van der Waals surface area contributed by atoms with Crippen molar-refractivity contribution in [2.45, 2.75) is 13.5 Å². The van der Waals surface area contributed by atoms with Gasteiger partial charge in [0.25, 0.3) is 0 Å². The first-order valence-corrected chi connectivity index (χ1v) is 12.1. The van der Waals surface area contributed by atoms with Crippen molar-refractivity contribution in [3.63, 3.8) is 0 Å². The Labute approximate surface area is 223 Å². The maximum absolute atomic E-state index is 15.0. The number of pyridine rings is 1. The van der Waals surface area contributed by atoms with E-state index in [1.165, 1.54) is 18.9 Å². The van der Waals surface area contributed by atoms with Gasteiger partial charge in [-0.25, -0.2) is 18.7 Å². The summed E-state index contributed by atoms with van der Waals surface area (Å²) in [5.74, 6) is -0.178. The smallest absolute Gasteiger partial charge is 0.183 e. The van der Waals surface area contributed by atoms with Crippen LogP contribution in [0.2, 0.25) is 0 Å². The standard InChI is InChI=1S/C28H26F2N6O3/c1-17-12-18(8-9-31-17)33-27-25(38-3)15-32-28(34-27)26-20-6-4-5-7-24(20)36(35-26)16-21-22(29)13-19(14-23(21)30)39-11-10-37-2/h4-9,12-15H,10-11,16H2,1-3H3,(H,31,32,33,34). The normalized spacial score (nSPS) is 11.1. The molecule has 9 nitrogen and oxygen atoms in total. The Kier molecular flexibility index (Phi) is 7.60. The Morgan fingerprint density at radius 1 is 0.974 bits per heavy atom. The van der Waals surface area contributed by atoms with Crippen LogP contribution in [0.25, 0.3) is 22.4 Å². The molecule has 5 aromatic rings. The fourth-order valence-electron chi connectivity index (χ4n) is 4.10. The number of ether oxygens (including phenoxy) is 3. The summed E-state index contributed by atoms with van der Waals surface area (Å²) in [4.78, 5) is 13.3. The Morgan fingerprint density at radius 2 is 1.77 bits per heavy atom. The molecule has 200 valence electrons. The van der Waals surface area contributed by atoms with Gasteiger partial charge in [0.05, 0.1) is 32.0 Å². The van der Waals surface area contributed by atoms with E-state index in [1.54, 1.807) is 12.4 Å². The molecule has 0 bridgehead atoms. The Hall–Kier alpha value is -4.64. The molecule has 0 spiro atoms. The van der Waals surface area contributed by atoms with Crippen molar-refractivity contribution in [3.8, 4) is 23.0 Å². The zero-order valence-electron chi connectivity index (χ0n) is 21.6. The van der Waals surface area contributed by atoms with Crippen molar-refractivity contribution >= 4 is 22.4 Å².